The van der Waals surface area contributed by atoms with Crippen LogP contribution in [0.4, 0.5) is 0 Å². The summed E-state index contributed by atoms with van der Waals surface area (Å²) in [4.78, 5) is 1.92. The minimum absolute atomic E-state index is 0.566. The van der Waals surface area contributed by atoms with Crippen molar-refractivity contribution in [3.63, 3.8) is 0 Å². The van der Waals surface area contributed by atoms with Crippen LogP contribution >= 0.6 is 0 Å². The Morgan fingerprint density at radius 3 is 1.33 bits per heavy atom. The van der Waals surface area contributed by atoms with Gasteiger partial charge in [0.25, 0.3) is 0 Å². The highest BCUT2D eigenvalue weighted by molar-refractivity contribution is 4.75. The molecule has 3 heteroatoms. The number of nitrogens with zero attached hydrogens (tertiary/aromatic N) is 1. The van der Waals surface area contributed by atoms with Gasteiger partial charge in [-0.3, -0.25) is 0 Å². The van der Waals surface area contributed by atoms with E-state index in [2.05, 4.69) is 0 Å². The fraction of sp³-hybridized carbons (Fsp3) is 1.00. The molecule has 0 aliphatic carbocycles. The summed E-state index contributed by atoms with van der Waals surface area (Å²) < 4.78 is 0. The molecule has 12 heavy (non-hydrogen) atoms. The Labute approximate surface area is 75.0 Å². The van der Waals surface area contributed by atoms with E-state index in [4.69, 9.17) is 0 Å². The summed E-state index contributed by atoms with van der Waals surface area (Å²) in [7, 11) is 1.88. The summed E-state index contributed by atoms with van der Waals surface area (Å²) in [5.74, 6) is 0. The Hall–Kier alpha value is -0.120. The summed E-state index contributed by atoms with van der Waals surface area (Å²) in [6.45, 7) is 8.16. The zero-order valence-electron chi connectivity index (χ0n) is 8.76. The van der Waals surface area contributed by atoms with E-state index in [1.165, 1.54) is 0 Å². The molecule has 0 saturated heterocycles. The predicted molar refractivity (Wildman–Crippen MR) is 50.1 cm³/mol. The summed E-state index contributed by atoms with van der Waals surface area (Å²) in [5, 5.41) is 18.9. The van der Waals surface area contributed by atoms with E-state index in [1.54, 1.807) is 27.7 Å². The zero-order valence-corrected chi connectivity index (χ0v) is 8.76. The van der Waals surface area contributed by atoms with Crippen LogP contribution in [0.1, 0.15) is 27.7 Å². The monoisotopic (exact) mass is 175 g/mol. The number of likely N-dealkylation sites (N-methyl/N-ethyl adjacent to an activating group) is 1. The molecule has 0 aliphatic rings. The van der Waals surface area contributed by atoms with Crippen LogP contribution in [0.2, 0.25) is 0 Å². The maximum absolute atomic E-state index is 9.46. The van der Waals surface area contributed by atoms with Gasteiger partial charge in [0.1, 0.15) is 0 Å². The van der Waals surface area contributed by atoms with Crippen molar-refractivity contribution < 1.29 is 10.2 Å². The molecular weight excluding hydrogens is 154 g/mol. The van der Waals surface area contributed by atoms with Gasteiger partial charge in [0, 0.05) is 13.1 Å². The van der Waals surface area contributed by atoms with Gasteiger partial charge < -0.3 is 15.1 Å². The van der Waals surface area contributed by atoms with Crippen LogP contribution in [0.3, 0.4) is 0 Å². The van der Waals surface area contributed by atoms with Crippen LogP contribution in [-0.2, 0) is 0 Å². The van der Waals surface area contributed by atoms with Crippen molar-refractivity contribution in [3.8, 4) is 0 Å². The third-order valence-corrected chi connectivity index (χ3v) is 1.31. The molecule has 0 amide bonds. The van der Waals surface area contributed by atoms with Gasteiger partial charge in [-0.2, -0.15) is 0 Å². The number of hydrogen-bond acceptors (Lipinski definition) is 3. The van der Waals surface area contributed by atoms with Crippen molar-refractivity contribution in [3.05, 3.63) is 0 Å². The fourth-order valence-electron chi connectivity index (χ4n) is 1.38. The summed E-state index contributed by atoms with van der Waals surface area (Å²) in [6.07, 6.45) is 0. The highest BCUT2D eigenvalue weighted by atomic mass is 16.3. The Morgan fingerprint density at radius 2 is 1.17 bits per heavy atom. The molecule has 0 unspecified atom stereocenters. The third-order valence-electron chi connectivity index (χ3n) is 1.31. The fourth-order valence-corrected chi connectivity index (χ4v) is 1.38. The molecule has 0 aromatic heterocycles. The minimum atomic E-state index is -0.694. The van der Waals surface area contributed by atoms with E-state index in [-0.39, 0.29) is 0 Å². The largest absolute Gasteiger partial charge is 0.389 e. The minimum Gasteiger partial charge on any atom is -0.389 e. The van der Waals surface area contributed by atoms with E-state index in [1.807, 2.05) is 11.9 Å². The van der Waals surface area contributed by atoms with Gasteiger partial charge in [0.05, 0.1) is 11.2 Å². The van der Waals surface area contributed by atoms with Crippen molar-refractivity contribution in [1.29, 1.82) is 0 Å². The quantitative estimate of drug-likeness (QED) is 0.652. The normalized spacial score (nSPS) is 14.0. The molecule has 0 fully saturated rings. The molecule has 0 aromatic rings. The first-order chi connectivity index (χ1) is 5.10. The first-order valence-electron chi connectivity index (χ1n) is 4.23. The van der Waals surface area contributed by atoms with Crippen molar-refractivity contribution in [2.24, 2.45) is 0 Å². The van der Waals surface area contributed by atoms with Crippen LogP contribution in [0.15, 0.2) is 0 Å². The lowest BCUT2D eigenvalue weighted by Crippen LogP contribution is -2.43. The molecule has 0 heterocycles. The van der Waals surface area contributed by atoms with Gasteiger partial charge in [-0.05, 0) is 34.7 Å². The maximum atomic E-state index is 9.46. The maximum Gasteiger partial charge on any atom is 0.0718 e. The number of aliphatic hydroxyl groups is 2. The molecule has 0 aliphatic heterocycles. The van der Waals surface area contributed by atoms with Crippen LogP contribution in [0.25, 0.3) is 0 Å². The van der Waals surface area contributed by atoms with E-state index >= 15 is 0 Å². The van der Waals surface area contributed by atoms with Gasteiger partial charge in [-0.25, -0.2) is 0 Å². The lowest BCUT2D eigenvalue weighted by Gasteiger charge is -2.30. The second-order valence-electron chi connectivity index (χ2n) is 4.80. The lowest BCUT2D eigenvalue weighted by molar-refractivity contribution is 0.00261. The Morgan fingerprint density at radius 1 is 0.917 bits per heavy atom. The molecule has 0 bridgehead atoms. The molecule has 0 saturated carbocycles. The lowest BCUT2D eigenvalue weighted by atomic mass is 10.1. The highest BCUT2D eigenvalue weighted by Crippen LogP contribution is 2.07. The number of rotatable bonds is 4. The van der Waals surface area contributed by atoms with E-state index in [0.29, 0.717) is 13.1 Å². The van der Waals surface area contributed by atoms with E-state index in [0.717, 1.165) is 0 Å². The molecule has 2 N–H and O–H groups in total. The van der Waals surface area contributed by atoms with Crippen LogP contribution < -0.4 is 0 Å². The van der Waals surface area contributed by atoms with Crippen LogP contribution in [0.5, 0.6) is 0 Å². The second kappa shape index (κ2) is 3.73. The van der Waals surface area contributed by atoms with E-state index in [9.17, 15) is 10.2 Å². The molecular formula is C9H21NO2. The van der Waals surface area contributed by atoms with E-state index < -0.39 is 11.2 Å². The van der Waals surface area contributed by atoms with Crippen LogP contribution in [0, 0.1) is 0 Å². The van der Waals surface area contributed by atoms with Crippen LogP contribution in [-0.4, -0.2) is 46.5 Å². The molecule has 0 atom stereocenters. The van der Waals surface area contributed by atoms with Crippen molar-refractivity contribution in [1.82, 2.24) is 4.90 Å². The van der Waals surface area contributed by atoms with Crippen molar-refractivity contribution in [2.45, 2.75) is 38.9 Å². The predicted octanol–water partition coefficient (Wildman–Crippen LogP) is 0.460. The van der Waals surface area contributed by atoms with Gasteiger partial charge >= 0.3 is 0 Å². The first kappa shape index (κ1) is 11.9. The molecule has 0 rings (SSSR count). The van der Waals surface area contributed by atoms with Gasteiger partial charge in [-0.15, -0.1) is 0 Å². The van der Waals surface area contributed by atoms with Gasteiger partial charge in [-0.1, -0.05) is 0 Å². The second-order valence-corrected chi connectivity index (χ2v) is 4.80. The van der Waals surface area contributed by atoms with Crippen molar-refractivity contribution in [2.75, 3.05) is 20.1 Å². The molecule has 3 nitrogen and oxygen atoms in total. The summed E-state index contributed by atoms with van der Waals surface area (Å²) in [6, 6.07) is 0. The molecule has 74 valence electrons. The SMILES string of the molecule is CN(CC(C)(C)O)CC(C)(C)O. The Balaban J connectivity index is 3.83. The number of hydrogen-bond donors (Lipinski definition) is 2. The van der Waals surface area contributed by atoms with Crippen molar-refractivity contribution >= 4 is 0 Å². The average molecular weight is 175 g/mol. The Kier molecular flexibility index (Phi) is 3.69. The Bertz CT molecular complexity index is 116. The smallest absolute Gasteiger partial charge is 0.0718 e. The summed E-state index contributed by atoms with van der Waals surface area (Å²) >= 11 is 0. The molecule has 0 aromatic carbocycles. The summed E-state index contributed by atoms with van der Waals surface area (Å²) in [5.41, 5.74) is -1.39. The molecule has 0 spiro atoms. The highest BCUT2D eigenvalue weighted by Gasteiger charge is 2.20. The van der Waals surface area contributed by atoms with Gasteiger partial charge in [0.2, 0.25) is 0 Å². The first-order valence-corrected chi connectivity index (χ1v) is 4.23. The molecule has 0 radical (unpaired) electrons. The van der Waals surface area contributed by atoms with Gasteiger partial charge in [0.15, 0.2) is 0 Å². The standard InChI is InChI=1S/C9H21NO2/c1-8(2,11)6-10(5)7-9(3,4)12/h11-12H,6-7H2,1-5H3. The third kappa shape index (κ3) is 7.98. The average Bonchev–Trinajstić information content (AvgIpc) is 1.49. The topological polar surface area (TPSA) is 43.7 Å². The zero-order chi connectivity index (χ0) is 9.99.